The van der Waals surface area contributed by atoms with Crippen LogP contribution in [0.15, 0.2) is 18.2 Å². The molecule has 2 aliphatic rings. The lowest BCUT2D eigenvalue weighted by Crippen LogP contribution is -2.47. The number of hydrogen-bond acceptors (Lipinski definition) is 3. The van der Waals surface area contributed by atoms with Crippen molar-refractivity contribution in [1.29, 1.82) is 0 Å². The first-order valence-electron chi connectivity index (χ1n) is 9.78. The Morgan fingerprint density at radius 3 is 2.26 bits per heavy atom. The van der Waals surface area contributed by atoms with Crippen LogP contribution in [0.5, 0.6) is 0 Å². The van der Waals surface area contributed by atoms with Crippen LogP contribution in [0, 0.1) is 18.8 Å². The first-order valence-corrected chi connectivity index (χ1v) is 9.78. The predicted octanol–water partition coefficient (Wildman–Crippen LogP) is 2.80. The lowest BCUT2D eigenvalue weighted by molar-refractivity contribution is -0.138. The average molecular weight is 372 g/mol. The summed E-state index contributed by atoms with van der Waals surface area (Å²) >= 11 is 0. The van der Waals surface area contributed by atoms with Crippen LogP contribution in [0.2, 0.25) is 0 Å². The second-order valence-corrected chi connectivity index (χ2v) is 7.99. The van der Waals surface area contributed by atoms with Crippen molar-refractivity contribution in [2.24, 2.45) is 11.8 Å². The van der Waals surface area contributed by atoms with E-state index in [-0.39, 0.29) is 23.3 Å². The SMILES string of the molecule is Cc1cc(C(=O)O)cc(C(=O)N2CCC(C(=O)N3CCCC(C)C3)CC2)c1. The summed E-state index contributed by atoms with van der Waals surface area (Å²) in [5, 5.41) is 9.20. The number of benzene rings is 1. The number of likely N-dealkylation sites (tertiary alicyclic amines) is 2. The molecule has 1 unspecified atom stereocenters. The molecule has 0 bridgehead atoms. The minimum absolute atomic E-state index is 0.00793. The molecule has 0 aromatic heterocycles. The Labute approximate surface area is 160 Å². The summed E-state index contributed by atoms with van der Waals surface area (Å²) in [6, 6.07) is 4.72. The van der Waals surface area contributed by atoms with Crippen LogP contribution in [0.25, 0.3) is 0 Å². The minimum atomic E-state index is -1.03. The van der Waals surface area contributed by atoms with E-state index >= 15 is 0 Å². The molecule has 2 fully saturated rings. The Morgan fingerprint density at radius 1 is 0.963 bits per heavy atom. The Kier molecular flexibility index (Phi) is 5.82. The first kappa shape index (κ1) is 19.4. The third kappa shape index (κ3) is 4.49. The summed E-state index contributed by atoms with van der Waals surface area (Å²) in [7, 11) is 0. The molecule has 1 atom stereocenters. The molecule has 2 heterocycles. The van der Waals surface area contributed by atoms with E-state index < -0.39 is 5.97 Å². The molecular formula is C21H28N2O4. The molecule has 0 aliphatic carbocycles. The monoisotopic (exact) mass is 372 g/mol. The normalized spacial score (nSPS) is 21.2. The van der Waals surface area contributed by atoms with Gasteiger partial charge in [-0.1, -0.05) is 6.92 Å². The number of carbonyl (C=O) groups excluding carboxylic acids is 2. The second kappa shape index (κ2) is 8.11. The molecule has 1 aromatic carbocycles. The van der Waals surface area contributed by atoms with Crippen molar-refractivity contribution in [3.8, 4) is 0 Å². The number of hydrogen-bond donors (Lipinski definition) is 1. The number of carboxylic acids is 1. The molecule has 146 valence electrons. The van der Waals surface area contributed by atoms with Gasteiger partial charge in [0.05, 0.1) is 5.56 Å². The molecule has 2 aliphatic heterocycles. The summed E-state index contributed by atoms with van der Waals surface area (Å²) in [6.07, 6.45) is 3.61. The Balaban J connectivity index is 1.61. The van der Waals surface area contributed by atoms with Crippen LogP contribution < -0.4 is 0 Å². The minimum Gasteiger partial charge on any atom is -0.478 e. The number of piperidine rings is 2. The van der Waals surface area contributed by atoms with Gasteiger partial charge in [0.2, 0.25) is 5.91 Å². The molecule has 2 amide bonds. The van der Waals surface area contributed by atoms with E-state index in [0.29, 0.717) is 37.4 Å². The van der Waals surface area contributed by atoms with Gasteiger partial charge >= 0.3 is 5.97 Å². The maximum atomic E-state index is 12.8. The van der Waals surface area contributed by atoms with Gasteiger partial charge < -0.3 is 14.9 Å². The highest BCUT2D eigenvalue weighted by Crippen LogP contribution is 2.25. The molecule has 0 saturated carbocycles. The van der Waals surface area contributed by atoms with E-state index in [4.69, 9.17) is 0 Å². The second-order valence-electron chi connectivity index (χ2n) is 7.99. The molecule has 1 aromatic rings. The number of aromatic carboxylic acids is 1. The third-order valence-electron chi connectivity index (χ3n) is 5.67. The van der Waals surface area contributed by atoms with Crippen molar-refractivity contribution in [2.45, 2.75) is 39.5 Å². The highest BCUT2D eigenvalue weighted by atomic mass is 16.4. The van der Waals surface area contributed by atoms with E-state index in [1.807, 2.05) is 4.90 Å². The smallest absolute Gasteiger partial charge is 0.335 e. The van der Waals surface area contributed by atoms with Crippen molar-refractivity contribution >= 4 is 17.8 Å². The van der Waals surface area contributed by atoms with E-state index in [2.05, 4.69) is 6.92 Å². The topological polar surface area (TPSA) is 77.9 Å². The molecule has 6 heteroatoms. The van der Waals surface area contributed by atoms with Gasteiger partial charge in [-0.05, 0) is 62.3 Å². The van der Waals surface area contributed by atoms with Gasteiger partial charge in [0.1, 0.15) is 0 Å². The summed E-state index contributed by atoms with van der Waals surface area (Å²) < 4.78 is 0. The summed E-state index contributed by atoms with van der Waals surface area (Å²) in [6.45, 7) is 6.74. The molecule has 1 N–H and O–H groups in total. The van der Waals surface area contributed by atoms with Gasteiger partial charge in [-0.25, -0.2) is 4.79 Å². The first-order chi connectivity index (χ1) is 12.8. The van der Waals surface area contributed by atoms with Crippen molar-refractivity contribution < 1.29 is 19.5 Å². The number of aryl methyl sites for hydroxylation is 1. The number of carbonyl (C=O) groups is 3. The number of nitrogens with zero attached hydrogens (tertiary/aromatic N) is 2. The highest BCUT2D eigenvalue weighted by Gasteiger charge is 2.32. The van der Waals surface area contributed by atoms with Gasteiger partial charge in [0.25, 0.3) is 5.91 Å². The van der Waals surface area contributed by atoms with Gasteiger partial charge in [0.15, 0.2) is 0 Å². The zero-order valence-corrected chi connectivity index (χ0v) is 16.1. The fourth-order valence-corrected chi connectivity index (χ4v) is 4.19. The quantitative estimate of drug-likeness (QED) is 0.885. The standard InChI is InChI=1S/C21H28N2O4/c1-14-4-3-7-23(13-14)19(24)16-5-8-22(9-6-16)20(25)17-10-15(2)11-18(12-17)21(26)27/h10-12,14,16H,3-9,13H2,1-2H3,(H,26,27). The Hall–Kier alpha value is -2.37. The number of carboxylic acid groups (broad SMARTS) is 1. The van der Waals surface area contributed by atoms with Crippen LogP contribution in [-0.2, 0) is 4.79 Å². The van der Waals surface area contributed by atoms with E-state index in [0.717, 1.165) is 25.1 Å². The molecule has 0 spiro atoms. The average Bonchev–Trinajstić information content (AvgIpc) is 2.66. The zero-order chi connectivity index (χ0) is 19.6. The Morgan fingerprint density at radius 2 is 1.63 bits per heavy atom. The van der Waals surface area contributed by atoms with E-state index in [1.165, 1.54) is 12.5 Å². The predicted molar refractivity (Wildman–Crippen MR) is 102 cm³/mol. The number of amides is 2. The van der Waals surface area contributed by atoms with Crippen LogP contribution >= 0.6 is 0 Å². The van der Waals surface area contributed by atoms with E-state index in [9.17, 15) is 19.5 Å². The number of rotatable bonds is 3. The molecule has 2 saturated heterocycles. The summed E-state index contributed by atoms with van der Waals surface area (Å²) in [4.78, 5) is 40.5. The van der Waals surface area contributed by atoms with Gasteiger partial charge in [-0.15, -0.1) is 0 Å². The fourth-order valence-electron chi connectivity index (χ4n) is 4.19. The fraction of sp³-hybridized carbons (Fsp3) is 0.571. The lowest BCUT2D eigenvalue weighted by atomic mass is 9.92. The maximum absolute atomic E-state index is 12.8. The molecule has 0 radical (unpaired) electrons. The zero-order valence-electron chi connectivity index (χ0n) is 16.1. The summed E-state index contributed by atoms with van der Waals surface area (Å²) in [5.41, 5.74) is 1.28. The van der Waals surface area contributed by atoms with Crippen molar-refractivity contribution in [3.63, 3.8) is 0 Å². The van der Waals surface area contributed by atoms with Crippen LogP contribution in [0.3, 0.4) is 0 Å². The van der Waals surface area contributed by atoms with Gasteiger partial charge in [-0.2, -0.15) is 0 Å². The van der Waals surface area contributed by atoms with Crippen molar-refractivity contribution in [2.75, 3.05) is 26.2 Å². The van der Waals surface area contributed by atoms with Crippen LogP contribution in [0.4, 0.5) is 0 Å². The van der Waals surface area contributed by atoms with Gasteiger partial charge in [-0.3, -0.25) is 9.59 Å². The van der Waals surface area contributed by atoms with Crippen molar-refractivity contribution in [3.05, 3.63) is 34.9 Å². The lowest BCUT2D eigenvalue weighted by Gasteiger charge is -2.37. The maximum Gasteiger partial charge on any atom is 0.335 e. The van der Waals surface area contributed by atoms with E-state index in [1.54, 1.807) is 24.0 Å². The molecule has 3 rings (SSSR count). The highest BCUT2D eigenvalue weighted by molar-refractivity contribution is 5.98. The van der Waals surface area contributed by atoms with Crippen LogP contribution in [0.1, 0.15) is 58.9 Å². The summed E-state index contributed by atoms with van der Waals surface area (Å²) in [5.74, 6) is -0.399. The van der Waals surface area contributed by atoms with Gasteiger partial charge in [0, 0.05) is 37.7 Å². The third-order valence-corrected chi connectivity index (χ3v) is 5.67. The molecule has 27 heavy (non-hydrogen) atoms. The van der Waals surface area contributed by atoms with Crippen molar-refractivity contribution in [1.82, 2.24) is 9.80 Å². The largest absolute Gasteiger partial charge is 0.478 e. The Bertz CT molecular complexity index is 738. The molecular weight excluding hydrogens is 344 g/mol. The molecule has 6 nitrogen and oxygen atoms in total. The van der Waals surface area contributed by atoms with Crippen LogP contribution in [-0.4, -0.2) is 58.9 Å².